The third-order valence-corrected chi connectivity index (χ3v) is 8.85. The van der Waals surface area contributed by atoms with Crippen LogP contribution in [0.5, 0.6) is 0 Å². The van der Waals surface area contributed by atoms with Crippen molar-refractivity contribution >= 4 is 34.8 Å². The van der Waals surface area contributed by atoms with Crippen LogP contribution >= 0.6 is 23.2 Å². The van der Waals surface area contributed by atoms with Gasteiger partial charge < -0.3 is 9.47 Å². The van der Waals surface area contributed by atoms with Crippen LogP contribution in [0.15, 0.2) is 24.3 Å². The van der Waals surface area contributed by atoms with Gasteiger partial charge in [-0.3, -0.25) is 9.59 Å². The van der Waals surface area contributed by atoms with Crippen molar-refractivity contribution < 1.29 is 19.1 Å². The third-order valence-electron chi connectivity index (χ3n) is 7.83. The zero-order chi connectivity index (χ0) is 22.8. The highest BCUT2D eigenvalue weighted by atomic mass is 35.5. The molecule has 1 aliphatic heterocycles. The molecule has 0 aromatic heterocycles. The van der Waals surface area contributed by atoms with Gasteiger partial charge in [0.25, 0.3) is 0 Å². The van der Waals surface area contributed by atoms with E-state index in [4.69, 9.17) is 32.7 Å². The predicted octanol–water partition coefficient (Wildman–Crippen LogP) is 5.64. The summed E-state index contributed by atoms with van der Waals surface area (Å²) in [6.07, 6.45) is 11.0. The summed E-state index contributed by atoms with van der Waals surface area (Å²) >= 11 is 13.0. The number of halogens is 2. The number of ketones is 2. The van der Waals surface area contributed by atoms with Crippen LogP contribution in [0.1, 0.15) is 64.7 Å². The minimum absolute atomic E-state index is 0.000402. The van der Waals surface area contributed by atoms with Gasteiger partial charge in [0, 0.05) is 28.5 Å². The summed E-state index contributed by atoms with van der Waals surface area (Å²) in [7, 11) is 0. The number of allylic oxidation sites excluding steroid dienone is 2. The van der Waals surface area contributed by atoms with E-state index in [1.807, 2.05) is 13.0 Å². The first-order valence-electron chi connectivity index (χ1n) is 12.3. The van der Waals surface area contributed by atoms with Crippen molar-refractivity contribution in [2.24, 2.45) is 23.7 Å². The lowest BCUT2D eigenvalue weighted by Crippen LogP contribution is -2.58. The summed E-state index contributed by atoms with van der Waals surface area (Å²) in [5.74, 6) is -0.450. The number of hydrogen-bond acceptors (Lipinski definition) is 4. The van der Waals surface area contributed by atoms with E-state index < -0.39 is 12.0 Å². The maximum Gasteiger partial charge on any atom is 0.163 e. The van der Waals surface area contributed by atoms with Crippen LogP contribution in [0.3, 0.4) is 0 Å². The second kappa shape index (κ2) is 10.7. The molecule has 3 saturated carbocycles. The van der Waals surface area contributed by atoms with Crippen LogP contribution in [0, 0.1) is 23.7 Å². The average Bonchev–Trinajstić information content (AvgIpc) is 2.77. The van der Waals surface area contributed by atoms with Gasteiger partial charge in [0.1, 0.15) is 5.78 Å². The number of carbonyl (C=O) groups excluding carboxylic acids is 2. The van der Waals surface area contributed by atoms with Crippen LogP contribution in [0.4, 0.5) is 0 Å². The minimum atomic E-state index is -0.484. The lowest BCUT2D eigenvalue weighted by atomic mass is 9.66. The van der Waals surface area contributed by atoms with E-state index in [9.17, 15) is 9.59 Å². The highest BCUT2D eigenvalue weighted by Gasteiger charge is 2.53. The van der Waals surface area contributed by atoms with Crippen LogP contribution in [0.2, 0.25) is 0 Å². The minimum Gasteiger partial charge on any atom is -0.373 e. The quantitative estimate of drug-likeness (QED) is 0.279. The van der Waals surface area contributed by atoms with Crippen molar-refractivity contribution in [3.8, 4) is 0 Å². The summed E-state index contributed by atoms with van der Waals surface area (Å²) < 4.78 is 12.7. The largest absolute Gasteiger partial charge is 0.373 e. The van der Waals surface area contributed by atoms with E-state index in [2.05, 4.69) is 6.58 Å². The van der Waals surface area contributed by atoms with Gasteiger partial charge in [0.05, 0.1) is 30.8 Å². The van der Waals surface area contributed by atoms with Crippen LogP contribution in [0.25, 0.3) is 0 Å². The number of carbonyl (C=O) groups is 2. The SMILES string of the molecule is C=C(C)COC1CCC2C(=O)C3CCCCC3OC2C1C(=O)C=CC1C(Cl)CCCC1Cl. The smallest absolute Gasteiger partial charge is 0.163 e. The molecule has 178 valence electrons. The number of Topliss-reactive ketones (excluding diaryl/α,β-unsaturated/α-hetero) is 1. The molecule has 4 fully saturated rings. The molecule has 0 spiro atoms. The van der Waals surface area contributed by atoms with Crippen molar-refractivity contribution in [2.45, 2.75) is 93.8 Å². The summed E-state index contributed by atoms with van der Waals surface area (Å²) in [5, 5.41) is -0.110. The normalized spacial score (nSPS) is 42.3. The molecule has 4 aliphatic rings. The second-order valence-electron chi connectivity index (χ2n) is 10.3. The van der Waals surface area contributed by atoms with Gasteiger partial charge in [-0.2, -0.15) is 0 Å². The van der Waals surface area contributed by atoms with E-state index >= 15 is 0 Å². The Morgan fingerprint density at radius 3 is 2.50 bits per heavy atom. The highest BCUT2D eigenvalue weighted by Crippen LogP contribution is 2.45. The highest BCUT2D eigenvalue weighted by molar-refractivity contribution is 6.24. The van der Waals surface area contributed by atoms with Gasteiger partial charge in [-0.05, 0) is 51.5 Å². The predicted molar refractivity (Wildman–Crippen MR) is 127 cm³/mol. The molecular weight excluding hydrogens is 447 g/mol. The van der Waals surface area contributed by atoms with E-state index in [1.54, 1.807) is 6.08 Å². The third kappa shape index (κ3) is 5.19. The molecule has 1 saturated heterocycles. The first kappa shape index (κ1) is 24.4. The first-order chi connectivity index (χ1) is 15.4. The number of rotatable bonds is 6. The molecule has 0 bridgehead atoms. The Kier molecular flexibility index (Phi) is 8.19. The van der Waals surface area contributed by atoms with Crippen LogP contribution in [-0.4, -0.2) is 47.2 Å². The Labute approximate surface area is 202 Å². The fraction of sp³-hybridized carbons (Fsp3) is 0.769. The van der Waals surface area contributed by atoms with E-state index in [1.165, 1.54) is 0 Å². The van der Waals surface area contributed by atoms with Crippen molar-refractivity contribution in [3.63, 3.8) is 0 Å². The van der Waals surface area contributed by atoms with E-state index in [0.29, 0.717) is 18.8 Å². The summed E-state index contributed by atoms with van der Waals surface area (Å²) in [6, 6.07) is 0. The Morgan fingerprint density at radius 2 is 1.78 bits per heavy atom. The van der Waals surface area contributed by atoms with Crippen LogP contribution in [-0.2, 0) is 19.1 Å². The Bertz CT molecular complexity index is 740. The second-order valence-corrected chi connectivity index (χ2v) is 11.4. The summed E-state index contributed by atoms with van der Waals surface area (Å²) in [6.45, 7) is 6.26. The lowest BCUT2D eigenvalue weighted by molar-refractivity contribution is -0.192. The number of alkyl halides is 2. The number of ether oxygens (including phenoxy) is 2. The molecule has 3 aliphatic carbocycles. The number of hydrogen-bond donors (Lipinski definition) is 0. The molecular formula is C26H36Cl2O4. The fourth-order valence-corrected chi connectivity index (χ4v) is 7.06. The van der Waals surface area contributed by atoms with E-state index in [-0.39, 0.29) is 46.5 Å². The Hall–Kier alpha value is -0.680. The molecule has 4 rings (SSSR count). The Balaban J connectivity index is 1.56. The first-order valence-corrected chi connectivity index (χ1v) is 13.2. The Morgan fingerprint density at radius 1 is 1.06 bits per heavy atom. The maximum atomic E-state index is 13.6. The van der Waals surface area contributed by atoms with Gasteiger partial charge in [-0.15, -0.1) is 23.2 Å². The van der Waals surface area contributed by atoms with Crippen molar-refractivity contribution in [1.82, 2.24) is 0 Å². The van der Waals surface area contributed by atoms with Gasteiger partial charge >= 0.3 is 0 Å². The molecule has 0 N–H and O–H groups in total. The molecule has 0 radical (unpaired) electrons. The van der Waals surface area contributed by atoms with Crippen molar-refractivity contribution in [2.75, 3.05) is 6.61 Å². The topological polar surface area (TPSA) is 52.6 Å². The standard InChI is InChI=1S/C26H36Cl2O4/c1-15(2)14-31-23-13-11-18-25(30)17-6-3-4-9-22(17)32-26(18)24(23)21(29)12-10-16-19(27)7-5-8-20(16)28/h10,12,16-20,22-24,26H,1,3-9,11,13-14H2,2H3. The van der Waals surface area contributed by atoms with Gasteiger partial charge in [0.15, 0.2) is 5.78 Å². The van der Waals surface area contributed by atoms with Crippen LogP contribution < -0.4 is 0 Å². The summed E-state index contributed by atoms with van der Waals surface area (Å²) in [4.78, 5) is 26.9. The molecule has 32 heavy (non-hydrogen) atoms. The monoisotopic (exact) mass is 482 g/mol. The van der Waals surface area contributed by atoms with Crippen molar-refractivity contribution in [3.05, 3.63) is 24.3 Å². The molecule has 8 unspecified atom stereocenters. The zero-order valence-electron chi connectivity index (χ0n) is 19.0. The van der Waals surface area contributed by atoms with E-state index in [0.717, 1.165) is 56.9 Å². The zero-order valence-corrected chi connectivity index (χ0v) is 20.5. The molecule has 0 aromatic rings. The number of fused-ring (bicyclic) bond motifs is 2. The van der Waals surface area contributed by atoms with Gasteiger partial charge in [0.2, 0.25) is 0 Å². The van der Waals surface area contributed by atoms with Gasteiger partial charge in [-0.1, -0.05) is 37.5 Å². The molecule has 8 atom stereocenters. The molecule has 6 heteroatoms. The molecule has 4 nitrogen and oxygen atoms in total. The van der Waals surface area contributed by atoms with Crippen molar-refractivity contribution in [1.29, 1.82) is 0 Å². The summed E-state index contributed by atoms with van der Waals surface area (Å²) in [5.41, 5.74) is 0.916. The molecule has 1 heterocycles. The fourth-order valence-electron chi connectivity index (χ4n) is 6.15. The molecule has 0 aromatic carbocycles. The maximum absolute atomic E-state index is 13.6. The average molecular weight is 483 g/mol. The molecule has 0 amide bonds. The lowest BCUT2D eigenvalue weighted by Gasteiger charge is -2.49. The van der Waals surface area contributed by atoms with Gasteiger partial charge in [-0.25, -0.2) is 0 Å².